The topological polar surface area (TPSA) is 49.3 Å². The van der Waals surface area contributed by atoms with Crippen LogP contribution in [-0.4, -0.2) is 39.8 Å². The SMILES string of the molecule is Cc1nsc(N2CCC(C(=O)N3CCc4ccccc4C3)CC2)n1. The van der Waals surface area contributed by atoms with E-state index in [9.17, 15) is 4.79 Å². The standard InChI is InChI=1S/C18H22N4OS/c1-13-19-18(24-20-13)21-9-7-15(8-10-21)17(23)22-11-6-14-4-2-3-5-16(14)12-22/h2-5,15H,6-12H2,1H3. The Morgan fingerprint density at radius 3 is 2.62 bits per heavy atom. The number of hydrogen-bond donors (Lipinski definition) is 0. The minimum atomic E-state index is 0.153. The number of amides is 1. The van der Waals surface area contributed by atoms with Crippen LogP contribution in [0, 0.1) is 12.8 Å². The molecule has 2 aromatic rings. The van der Waals surface area contributed by atoms with Crippen LogP contribution in [0.5, 0.6) is 0 Å². The summed E-state index contributed by atoms with van der Waals surface area (Å²) in [7, 11) is 0. The average Bonchev–Trinajstić information content (AvgIpc) is 3.07. The third-order valence-electron chi connectivity index (χ3n) is 5.07. The van der Waals surface area contributed by atoms with Crippen LogP contribution < -0.4 is 4.90 Å². The van der Waals surface area contributed by atoms with Crippen molar-refractivity contribution >= 4 is 22.6 Å². The molecule has 4 rings (SSSR count). The Morgan fingerprint density at radius 2 is 1.92 bits per heavy atom. The second kappa shape index (κ2) is 6.51. The van der Waals surface area contributed by atoms with Crippen molar-refractivity contribution in [3.63, 3.8) is 0 Å². The Morgan fingerprint density at radius 1 is 1.17 bits per heavy atom. The van der Waals surface area contributed by atoms with Crippen molar-refractivity contribution in [1.29, 1.82) is 0 Å². The number of fused-ring (bicyclic) bond motifs is 1. The second-order valence-corrected chi connectivity index (χ2v) is 7.39. The van der Waals surface area contributed by atoms with Crippen molar-refractivity contribution in [1.82, 2.24) is 14.3 Å². The van der Waals surface area contributed by atoms with Crippen LogP contribution in [0.3, 0.4) is 0 Å². The van der Waals surface area contributed by atoms with Gasteiger partial charge in [0.15, 0.2) is 0 Å². The summed E-state index contributed by atoms with van der Waals surface area (Å²) < 4.78 is 4.25. The quantitative estimate of drug-likeness (QED) is 0.842. The lowest BCUT2D eigenvalue weighted by molar-refractivity contribution is -0.137. The molecule has 0 spiro atoms. The van der Waals surface area contributed by atoms with Gasteiger partial charge in [0.1, 0.15) is 5.82 Å². The fraction of sp³-hybridized carbons (Fsp3) is 0.500. The molecule has 0 N–H and O–H groups in total. The van der Waals surface area contributed by atoms with E-state index >= 15 is 0 Å². The molecule has 1 amide bonds. The van der Waals surface area contributed by atoms with Gasteiger partial charge in [-0.15, -0.1) is 0 Å². The van der Waals surface area contributed by atoms with Gasteiger partial charge in [-0.2, -0.15) is 4.37 Å². The molecule has 2 aliphatic heterocycles. The summed E-state index contributed by atoms with van der Waals surface area (Å²) >= 11 is 1.46. The summed E-state index contributed by atoms with van der Waals surface area (Å²) in [6, 6.07) is 8.48. The largest absolute Gasteiger partial charge is 0.347 e. The molecule has 0 radical (unpaired) electrons. The molecule has 1 aromatic heterocycles. The Kier molecular flexibility index (Phi) is 4.22. The lowest BCUT2D eigenvalue weighted by Crippen LogP contribution is -2.44. The third-order valence-corrected chi connectivity index (χ3v) is 5.94. The number of nitrogens with zero attached hydrogens (tertiary/aromatic N) is 4. The fourth-order valence-corrected chi connectivity index (χ4v) is 4.40. The molecular formula is C18H22N4OS. The summed E-state index contributed by atoms with van der Waals surface area (Å²) in [5.74, 6) is 1.32. The van der Waals surface area contributed by atoms with Gasteiger partial charge in [0.2, 0.25) is 11.0 Å². The van der Waals surface area contributed by atoms with Crippen molar-refractivity contribution < 1.29 is 4.79 Å². The molecule has 0 atom stereocenters. The Hall–Kier alpha value is -1.95. The highest BCUT2D eigenvalue weighted by atomic mass is 32.1. The van der Waals surface area contributed by atoms with E-state index in [1.165, 1.54) is 22.7 Å². The predicted octanol–water partition coefficient (Wildman–Crippen LogP) is 2.65. The van der Waals surface area contributed by atoms with E-state index in [1.807, 2.05) is 6.92 Å². The number of benzene rings is 1. The molecule has 1 fully saturated rings. The van der Waals surface area contributed by atoms with Crippen molar-refractivity contribution in [2.75, 3.05) is 24.5 Å². The zero-order chi connectivity index (χ0) is 16.5. The van der Waals surface area contributed by atoms with Crippen LogP contribution in [0.2, 0.25) is 0 Å². The van der Waals surface area contributed by atoms with E-state index < -0.39 is 0 Å². The van der Waals surface area contributed by atoms with Gasteiger partial charge >= 0.3 is 0 Å². The van der Waals surface area contributed by atoms with E-state index in [-0.39, 0.29) is 5.92 Å². The van der Waals surface area contributed by atoms with Crippen LogP contribution in [0.25, 0.3) is 0 Å². The van der Waals surface area contributed by atoms with E-state index in [2.05, 4.69) is 43.4 Å². The number of hydrogen-bond acceptors (Lipinski definition) is 5. The first-order valence-electron chi connectivity index (χ1n) is 8.61. The smallest absolute Gasteiger partial charge is 0.226 e. The van der Waals surface area contributed by atoms with Gasteiger partial charge in [0.05, 0.1) is 0 Å². The number of aryl methyl sites for hydroxylation is 1. The van der Waals surface area contributed by atoms with Crippen molar-refractivity contribution in [3.8, 4) is 0 Å². The zero-order valence-corrected chi connectivity index (χ0v) is 14.8. The van der Waals surface area contributed by atoms with Crippen molar-refractivity contribution in [2.24, 2.45) is 5.92 Å². The molecule has 3 heterocycles. The summed E-state index contributed by atoms with van der Waals surface area (Å²) in [6.07, 6.45) is 2.80. The lowest BCUT2D eigenvalue weighted by atomic mass is 9.93. The molecule has 6 heteroatoms. The van der Waals surface area contributed by atoms with Gasteiger partial charge in [0, 0.05) is 43.6 Å². The first kappa shape index (κ1) is 15.6. The molecule has 0 bridgehead atoms. The van der Waals surface area contributed by atoms with Gasteiger partial charge in [-0.25, -0.2) is 4.98 Å². The van der Waals surface area contributed by atoms with Crippen LogP contribution in [0.15, 0.2) is 24.3 Å². The molecule has 24 heavy (non-hydrogen) atoms. The van der Waals surface area contributed by atoms with Gasteiger partial charge in [-0.05, 0) is 37.3 Å². The van der Waals surface area contributed by atoms with Gasteiger partial charge in [-0.1, -0.05) is 24.3 Å². The third kappa shape index (κ3) is 3.02. The lowest BCUT2D eigenvalue weighted by Gasteiger charge is -2.36. The van der Waals surface area contributed by atoms with E-state index in [4.69, 9.17) is 0 Å². The monoisotopic (exact) mass is 342 g/mol. The Bertz CT molecular complexity index is 736. The minimum Gasteiger partial charge on any atom is -0.347 e. The molecule has 2 aliphatic rings. The summed E-state index contributed by atoms with van der Waals surface area (Å²) in [5.41, 5.74) is 2.70. The highest BCUT2D eigenvalue weighted by Crippen LogP contribution is 2.27. The molecular weight excluding hydrogens is 320 g/mol. The van der Waals surface area contributed by atoms with E-state index in [1.54, 1.807) is 0 Å². The first-order chi connectivity index (χ1) is 11.7. The maximum Gasteiger partial charge on any atom is 0.226 e. The average molecular weight is 342 g/mol. The Balaban J connectivity index is 1.37. The van der Waals surface area contributed by atoms with Crippen LogP contribution in [-0.2, 0) is 17.8 Å². The number of rotatable bonds is 2. The zero-order valence-electron chi connectivity index (χ0n) is 13.9. The number of carbonyl (C=O) groups is 1. The number of aromatic nitrogens is 2. The first-order valence-corrected chi connectivity index (χ1v) is 9.39. The maximum atomic E-state index is 12.9. The second-order valence-electron chi connectivity index (χ2n) is 6.66. The highest BCUT2D eigenvalue weighted by Gasteiger charge is 2.31. The predicted molar refractivity (Wildman–Crippen MR) is 95.1 cm³/mol. The number of piperidine rings is 1. The molecule has 0 unspecified atom stereocenters. The van der Waals surface area contributed by atoms with Gasteiger partial charge in [0.25, 0.3) is 0 Å². The van der Waals surface area contributed by atoms with Gasteiger partial charge in [-0.3, -0.25) is 4.79 Å². The van der Waals surface area contributed by atoms with Crippen LogP contribution in [0.1, 0.15) is 29.8 Å². The molecule has 0 saturated carbocycles. The molecule has 1 aromatic carbocycles. The van der Waals surface area contributed by atoms with E-state index in [0.717, 1.165) is 56.4 Å². The summed E-state index contributed by atoms with van der Waals surface area (Å²) in [4.78, 5) is 21.7. The molecule has 1 saturated heterocycles. The summed E-state index contributed by atoms with van der Waals surface area (Å²) in [6.45, 7) is 5.34. The maximum absolute atomic E-state index is 12.9. The highest BCUT2D eigenvalue weighted by molar-refractivity contribution is 7.09. The van der Waals surface area contributed by atoms with Crippen molar-refractivity contribution in [2.45, 2.75) is 32.7 Å². The number of carbonyl (C=O) groups excluding carboxylic acids is 1. The molecule has 126 valence electrons. The van der Waals surface area contributed by atoms with Crippen LogP contribution in [0.4, 0.5) is 5.13 Å². The van der Waals surface area contributed by atoms with Crippen molar-refractivity contribution in [3.05, 3.63) is 41.2 Å². The van der Waals surface area contributed by atoms with Crippen LogP contribution >= 0.6 is 11.5 Å². The fourth-order valence-electron chi connectivity index (χ4n) is 3.67. The molecule has 5 nitrogen and oxygen atoms in total. The molecule has 0 aliphatic carbocycles. The Labute approximate surface area is 146 Å². The number of anilines is 1. The summed E-state index contributed by atoms with van der Waals surface area (Å²) in [5, 5.41) is 0.991. The normalized spacial score (nSPS) is 18.5. The minimum absolute atomic E-state index is 0.153. The van der Waals surface area contributed by atoms with E-state index in [0.29, 0.717) is 5.91 Å². The van der Waals surface area contributed by atoms with Gasteiger partial charge < -0.3 is 9.80 Å².